The summed E-state index contributed by atoms with van der Waals surface area (Å²) in [5, 5.41) is 11.3. The van der Waals surface area contributed by atoms with Crippen molar-refractivity contribution in [1.29, 1.82) is 0 Å². The molecule has 2 aliphatic rings. The highest BCUT2D eigenvalue weighted by molar-refractivity contribution is 6.46. The molecule has 0 radical (unpaired) electrons. The minimum Gasteiger partial charge on any atom is -0.507 e. The van der Waals surface area contributed by atoms with Crippen LogP contribution in [-0.2, 0) is 20.9 Å². The Labute approximate surface area is 233 Å². The third-order valence-corrected chi connectivity index (χ3v) is 7.33. The summed E-state index contributed by atoms with van der Waals surface area (Å²) in [4.78, 5) is 30.1. The highest BCUT2D eigenvalue weighted by Crippen LogP contribution is 2.40. The number of Topliss-reactive ketones (excluding diaryl/α,β-unsaturated/α-hetero) is 1. The summed E-state index contributed by atoms with van der Waals surface area (Å²) in [6, 6.07) is 19.7. The van der Waals surface area contributed by atoms with E-state index in [0.29, 0.717) is 37.6 Å². The van der Waals surface area contributed by atoms with Gasteiger partial charge in [-0.05, 0) is 49.2 Å². The maximum Gasteiger partial charge on any atom is 0.295 e. The molecule has 2 saturated heterocycles. The molecule has 1 atom stereocenters. The first-order valence-corrected chi connectivity index (χ1v) is 13.5. The van der Waals surface area contributed by atoms with Gasteiger partial charge in [-0.2, -0.15) is 0 Å². The lowest BCUT2D eigenvalue weighted by atomic mass is 9.95. The second kappa shape index (κ2) is 12.4. The van der Waals surface area contributed by atoms with Crippen molar-refractivity contribution in [2.75, 3.05) is 39.4 Å². The van der Waals surface area contributed by atoms with Crippen molar-refractivity contribution in [2.45, 2.75) is 26.0 Å². The van der Waals surface area contributed by atoms with Gasteiger partial charge in [-0.15, -0.1) is 0 Å². The predicted molar refractivity (Wildman–Crippen MR) is 149 cm³/mol. The van der Waals surface area contributed by atoms with Gasteiger partial charge < -0.3 is 19.5 Å². The fourth-order valence-electron chi connectivity index (χ4n) is 5.25. The fraction of sp³-hybridized carbons (Fsp3) is 0.312. The summed E-state index contributed by atoms with van der Waals surface area (Å²) < 4.78 is 26.3. The van der Waals surface area contributed by atoms with E-state index in [4.69, 9.17) is 9.47 Å². The number of aliphatic hydroxyl groups is 1. The van der Waals surface area contributed by atoms with Crippen LogP contribution in [0.15, 0.2) is 78.4 Å². The van der Waals surface area contributed by atoms with Crippen LogP contribution in [0, 0.1) is 12.7 Å². The van der Waals surface area contributed by atoms with E-state index in [1.165, 1.54) is 11.0 Å². The number of hydrogen-bond donors (Lipinski definition) is 1. The number of ether oxygens (including phenoxy) is 2. The van der Waals surface area contributed by atoms with Crippen LogP contribution in [0.3, 0.4) is 0 Å². The Balaban J connectivity index is 1.39. The van der Waals surface area contributed by atoms with E-state index >= 15 is 4.39 Å². The third kappa shape index (κ3) is 6.08. The van der Waals surface area contributed by atoms with E-state index in [1.54, 1.807) is 42.5 Å². The van der Waals surface area contributed by atoms with Gasteiger partial charge in [-0.3, -0.25) is 14.5 Å². The summed E-state index contributed by atoms with van der Waals surface area (Å²) in [5.74, 6) is -1.86. The highest BCUT2D eigenvalue weighted by atomic mass is 19.1. The molecule has 2 heterocycles. The number of aryl methyl sites for hydroxylation is 1. The zero-order valence-electron chi connectivity index (χ0n) is 22.5. The van der Waals surface area contributed by atoms with Crippen molar-refractivity contribution in [3.05, 3.63) is 106 Å². The first-order chi connectivity index (χ1) is 19.4. The second-order valence-electron chi connectivity index (χ2n) is 10.1. The molecule has 3 aromatic carbocycles. The number of amides is 1. The molecule has 208 valence electrons. The number of rotatable bonds is 9. The van der Waals surface area contributed by atoms with E-state index in [9.17, 15) is 14.7 Å². The first-order valence-electron chi connectivity index (χ1n) is 13.5. The lowest BCUT2D eigenvalue weighted by Gasteiger charge is -2.29. The van der Waals surface area contributed by atoms with Crippen LogP contribution in [0.2, 0.25) is 0 Å². The molecular formula is C32H33FN2O5. The molecule has 0 saturated carbocycles. The zero-order chi connectivity index (χ0) is 28.1. The molecule has 8 heteroatoms. The summed E-state index contributed by atoms with van der Waals surface area (Å²) in [6.07, 6.45) is 0.602. The lowest BCUT2D eigenvalue weighted by molar-refractivity contribution is -0.140. The van der Waals surface area contributed by atoms with Crippen molar-refractivity contribution >= 4 is 17.4 Å². The minimum atomic E-state index is -1.02. The lowest BCUT2D eigenvalue weighted by Crippen LogP contribution is -2.39. The van der Waals surface area contributed by atoms with Crippen LogP contribution in [0.25, 0.3) is 5.76 Å². The normalized spacial score (nSPS) is 19.2. The molecule has 0 bridgehead atoms. The molecule has 3 aromatic rings. The summed E-state index contributed by atoms with van der Waals surface area (Å²) in [6.45, 7) is 6.31. The molecule has 0 aromatic heterocycles. The Bertz CT molecular complexity index is 1400. The largest absolute Gasteiger partial charge is 0.507 e. The maximum absolute atomic E-state index is 15.0. The van der Waals surface area contributed by atoms with Crippen LogP contribution in [0.5, 0.6) is 5.75 Å². The van der Waals surface area contributed by atoms with E-state index in [-0.39, 0.29) is 23.4 Å². The number of benzene rings is 3. The maximum atomic E-state index is 15.0. The number of aliphatic hydroxyl groups excluding tert-OH is 1. The van der Waals surface area contributed by atoms with Crippen LogP contribution in [0.1, 0.15) is 34.7 Å². The van der Waals surface area contributed by atoms with Crippen LogP contribution < -0.4 is 4.74 Å². The third-order valence-electron chi connectivity index (χ3n) is 7.33. The molecule has 2 fully saturated rings. The minimum absolute atomic E-state index is 0.116. The van der Waals surface area contributed by atoms with Crippen molar-refractivity contribution in [3.63, 3.8) is 0 Å². The molecule has 1 amide bonds. The topological polar surface area (TPSA) is 79.3 Å². The highest BCUT2D eigenvalue weighted by Gasteiger charge is 2.46. The Morgan fingerprint density at radius 2 is 1.75 bits per heavy atom. The van der Waals surface area contributed by atoms with Crippen molar-refractivity contribution in [1.82, 2.24) is 9.80 Å². The number of carbonyl (C=O) groups excluding carboxylic acids is 2. The van der Waals surface area contributed by atoms with E-state index < -0.39 is 23.5 Å². The average Bonchev–Trinajstić information content (AvgIpc) is 3.22. The number of halogens is 1. The van der Waals surface area contributed by atoms with Gasteiger partial charge >= 0.3 is 0 Å². The average molecular weight is 545 g/mol. The molecule has 7 nitrogen and oxygen atoms in total. The number of hydrogen-bond acceptors (Lipinski definition) is 6. The number of likely N-dealkylation sites (tertiary alicyclic amines) is 1. The van der Waals surface area contributed by atoms with Gasteiger partial charge in [0.2, 0.25) is 0 Å². The van der Waals surface area contributed by atoms with Crippen LogP contribution in [0.4, 0.5) is 4.39 Å². The molecule has 1 unspecified atom stereocenters. The Hall–Kier alpha value is -4.01. The molecule has 0 aliphatic carbocycles. The molecule has 40 heavy (non-hydrogen) atoms. The van der Waals surface area contributed by atoms with Crippen LogP contribution >= 0.6 is 0 Å². The molecule has 1 N–H and O–H groups in total. The number of nitrogens with zero attached hydrogens (tertiary/aromatic N) is 2. The van der Waals surface area contributed by atoms with Gasteiger partial charge in [0.15, 0.2) is 0 Å². The number of carbonyl (C=O) groups is 2. The van der Waals surface area contributed by atoms with Crippen molar-refractivity contribution < 1.29 is 28.6 Å². The van der Waals surface area contributed by atoms with Gasteiger partial charge in [0.1, 0.15) is 23.9 Å². The second-order valence-corrected chi connectivity index (χ2v) is 10.1. The van der Waals surface area contributed by atoms with E-state index in [0.717, 1.165) is 30.8 Å². The monoisotopic (exact) mass is 544 g/mol. The van der Waals surface area contributed by atoms with Crippen molar-refractivity contribution in [3.8, 4) is 5.75 Å². The SMILES string of the molecule is Cc1cccc(COc2ccc(/C(O)=C3\C(=O)C(=O)N(CCCN4CCOCC4)C3c3ccccc3F)cc2)c1. The first kappa shape index (κ1) is 27.6. The van der Waals surface area contributed by atoms with Gasteiger partial charge in [0, 0.05) is 37.3 Å². The van der Waals surface area contributed by atoms with Gasteiger partial charge in [0.25, 0.3) is 11.7 Å². The van der Waals surface area contributed by atoms with Crippen LogP contribution in [-0.4, -0.2) is 66.0 Å². The predicted octanol–water partition coefficient (Wildman–Crippen LogP) is 4.86. The standard InChI is InChI=1S/C32H33FN2O5/c1-22-6-4-7-23(20-22)21-40-25-12-10-24(11-13-25)30(36)28-29(26-8-2-3-9-27(26)33)35(32(38)31(28)37)15-5-14-34-16-18-39-19-17-34/h2-4,6-13,20,29,36H,5,14-19,21H2,1H3/b30-28+. The van der Waals surface area contributed by atoms with Crippen molar-refractivity contribution in [2.24, 2.45) is 0 Å². The fourth-order valence-corrected chi connectivity index (χ4v) is 5.25. The molecule has 0 spiro atoms. The Kier molecular flexibility index (Phi) is 8.57. The number of ketones is 1. The Morgan fingerprint density at radius 1 is 1.00 bits per heavy atom. The summed E-state index contributed by atoms with van der Waals surface area (Å²) in [5.41, 5.74) is 2.58. The molecular weight excluding hydrogens is 511 g/mol. The van der Waals surface area contributed by atoms with Gasteiger partial charge in [-0.25, -0.2) is 4.39 Å². The summed E-state index contributed by atoms with van der Waals surface area (Å²) in [7, 11) is 0. The van der Waals surface area contributed by atoms with Gasteiger partial charge in [-0.1, -0.05) is 48.0 Å². The zero-order valence-corrected chi connectivity index (χ0v) is 22.5. The Morgan fingerprint density at radius 3 is 2.48 bits per heavy atom. The number of morpholine rings is 1. The quantitative estimate of drug-likeness (QED) is 0.236. The van der Waals surface area contributed by atoms with E-state index in [1.807, 2.05) is 31.2 Å². The smallest absolute Gasteiger partial charge is 0.295 e. The summed E-state index contributed by atoms with van der Waals surface area (Å²) >= 11 is 0. The van der Waals surface area contributed by atoms with E-state index in [2.05, 4.69) is 4.90 Å². The van der Waals surface area contributed by atoms with Gasteiger partial charge in [0.05, 0.1) is 24.8 Å². The molecule has 5 rings (SSSR count). The molecule has 2 aliphatic heterocycles.